The van der Waals surface area contributed by atoms with E-state index >= 15 is 0 Å². The molecular weight excluding hydrogens is 370 g/mol. The van der Waals surface area contributed by atoms with Crippen molar-refractivity contribution >= 4 is 50.1 Å². The zero-order chi connectivity index (χ0) is 18.7. The molecule has 0 aliphatic rings. The average Bonchev–Trinajstić information content (AvgIpc) is 3.01. The summed E-state index contributed by atoms with van der Waals surface area (Å²) in [6.45, 7) is 3.76. The molecule has 0 bridgehead atoms. The molecule has 5 nitrogen and oxygen atoms in total. The molecule has 1 heterocycles. The van der Waals surface area contributed by atoms with E-state index in [1.165, 1.54) is 11.3 Å². The summed E-state index contributed by atoms with van der Waals surface area (Å²) < 4.78 is 0.995. The highest BCUT2D eigenvalue weighted by molar-refractivity contribution is 7.22. The molecule has 2 aromatic carbocycles. The summed E-state index contributed by atoms with van der Waals surface area (Å²) >= 11 is 7.25. The number of halogens is 1. The van der Waals surface area contributed by atoms with E-state index in [4.69, 9.17) is 11.6 Å². The van der Waals surface area contributed by atoms with Crippen LogP contribution in [0.2, 0.25) is 5.02 Å². The van der Waals surface area contributed by atoms with Gasteiger partial charge in [-0.1, -0.05) is 48.9 Å². The number of fused-ring (bicyclic) bond motifs is 1. The van der Waals surface area contributed by atoms with Gasteiger partial charge in [0.05, 0.1) is 10.2 Å². The van der Waals surface area contributed by atoms with E-state index in [-0.39, 0.29) is 17.7 Å². The molecule has 26 heavy (non-hydrogen) atoms. The molecule has 7 heteroatoms. The Hall–Kier alpha value is -2.44. The van der Waals surface area contributed by atoms with Crippen LogP contribution in [0.25, 0.3) is 10.2 Å². The van der Waals surface area contributed by atoms with Crippen LogP contribution in [0.5, 0.6) is 0 Å². The summed E-state index contributed by atoms with van der Waals surface area (Å²) in [6.07, 6.45) is 0. The normalized spacial score (nSPS) is 12.2. The van der Waals surface area contributed by atoms with Gasteiger partial charge in [0, 0.05) is 10.6 Å². The first-order valence-electron chi connectivity index (χ1n) is 8.17. The van der Waals surface area contributed by atoms with Crippen molar-refractivity contribution < 1.29 is 9.59 Å². The maximum Gasteiger partial charge on any atom is 0.251 e. The Morgan fingerprint density at radius 3 is 2.42 bits per heavy atom. The minimum atomic E-state index is -0.676. The predicted octanol–water partition coefficient (Wildman–Crippen LogP) is 4.34. The molecule has 1 atom stereocenters. The Morgan fingerprint density at radius 1 is 1.08 bits per heavy atom. The van der Waals surface area contributed by atoms with Crippen molar-refractivity contribution in [1.82, 2.24) is 10.3 Å². The van der Waals surface area contributed by atoms with E-state index in [0.717, 1.165) is 10.2 Å². The van der Waals surface area contributed by atoms with Crippen molar-refractivity contribution in [3.05, 3.63) is 59.1 Å². The minimum Gasteiger partial charge on any atom is -0.340 e. The van der Waals surface area contributed by atoms with Gasteiger partial charge >= 0.3 is 0 Å². The van der Waals surface area contributed by atoms with E-state index in [9.17, 15) is 9.59 Å². The molecule has 2 amide bonds. The third kappa shape index (κ3) is 4.20. The number of benzene rings is 2. The van der Waals surface area contributed by atoms with E-state index in [0.29, 0.717) is 15.7 Å². The van der Waals surface area contributed by atoms with Gasteiger partial charge in [0.25, 0.3) is 5.91 Å². The second-order valence-electron chi connectivity index (χ2n) is 6.18. The third-order valence-corrected chi connectivity index (χ3v) is 5.07. The molecule has 3 rings (SSSR count). The number of carbonyl (C=O) groups excluding carboxylic acids is 2. The van der Waals surface area contributed by atoms with Gasteiger partial charge in [-0.25, -0.2) is 4.98 Å². The summed E-state index contributed by atoms with van der Waals surface area (Å²) in [4.78, 5) is 29.5. The minimum absolute atomic E-state index is 0.0828. The van der Waals surface area contributed by atoms with Crippen LogP contribution in [-0.4, -0.2) is 22.8 Å². The number of carbonyl (C=O) groups is 2. The Morgan fingerprint density at radius 2 is 1.77 bits per heavy atom. The first-order valence-corrected chi connectivity index (χ1v) is 9.36. The van der Waals surface area contributed by atoms with Crippen LogP contribution in [0, 0.1) is 5.92 Å². The van der Waals surface area contributed by atoms with Crippen molar-refractivity contribution in [2.24, 2.45) is 5.92 Å². The van der Waals surface area contributed by atoms with Crippen molar-refractivity contribution in [1.29, 1.82) is 0 Å². The molecular formula is C19H18ClN3O2S. The van der Waals surface area contributed by atoms with Gasteiger partial charge in [0.15, 0.2) is 5.13 Å². The molecule has 0 radical (unpaired) electrons. The van der Waals surface area contributed by atoms with E-state index < -0.39 is 6.04 Å². The Kier molecular flexibility index (Phi) is 5.54. The topological polar surface area (TPSA) is 71.1 Å². The van der Waals surface area contributed by atoms with Gasteiger partial charge in [-0.2, -0.15) is 0 Å². The van der Waals surface area contributed by atoms with Gasteiger partial charge in [0.1, 0.15) is 6.04 Å². The quantitative estimate of drug-likeness (QED) is 0.684. The van der Waals surface area contributed by atoms with Gasteiger partial charge in [-0.3, -0.25) is 9.59 Å². The number of rotatable bonds is 5. The summed E-state index contributed by atoms with van der Waals surface area (Å²) in [5.41, 5.74) is 1.28. The number of aromatic nitrogens is 1. The molecule has 134 valence electrons. The summed E-state index contributed by atoms with van der Waals surface area (Å²) in [6, 6.07) is 13.5. The number of nitrogens with one attached hydrogen (secondary N) is 2. The van der Waals surface area contributed by atoms with Gasteiger partial charge in [-0.05, 0) is 42.3 Å². The fraction of sp³-hybridized carbons (Fsp3) is 0.211. The molecule has 2 N–H and O–H groups in total. The largest absolute Gasteiger partial charge is 0.340 e. The number of thiazole rings is 1. The number of nitrogens with zero attached hydrogens (tertiary/aromatic N) is 1. The Bertz CT molecular complexity index is 904. The monoisotopic (exact) mass is 387 g/mol. The highest BCUT2D eigenvalue weighted by atomic mass is 35.5. The zero-order valence-corrected chi connectivity index (χ0v) is 15.9. The standard InChI is InChI=1S/C19H18ClN3O2S/c1-11(2)16(22-17(24)12-7-9-13(20)10-8-12)18(25)23-19-21-14-5-3-4-6-15(14)26-19/h3-11,16H,1-2H3,(H,22,24)(H,21,23,25). The van der Waals surface area contributed by atoms with Crippen LogP contribution in [0.3, 0.4) is 0 Å². The molecule has 0 saturated carbocycles. The van der Waals surface area contributed by atoms with Crippen LogP contribution in [0.1, 0.15) is 24.2 Å². The lowest BCUT2D eigenvalue weighted by Gasteiger charge is -2.21. The molecule has 0 saturated heterocycles. The van der Waals surface area contributed by atoms with Crippen molar-refractivity contribution in [3.8, 4) is 0 Å². The summed E-state index contributed by atoms with van der Waals surface area (Å²) in [5.74, 6) is -0.693. The first kappa shape index (κ1) is 18.4. The van der Waals surface area contributed by atoms with Gasteiger partial charge < -0.3 is 10.6 Å². The fourth-order valence-electron chi connectivity index (χ4n) is 2.47. The Labute approximate surface area is 160 Å². The van der Waals surface area contributed by atoms with E-state index in [1.807, 2.05) is 38.1 Å². The number of amides is 2. The highest BCUT2D eigenvalue weighted by Crippen LogP contribution is 2.25. The lowest BCUT2D eigenvalue weighted by molar-refractivity contribution is -0.118. The van der Waals surface area contributed by atoms with Crippen molar-refractivity contribution in [2.45, 2.75) is 19.9 Å². The number of hydrogen-bond donors (Lipinski definition) is 2. The molecule has 0 fully saturated rings. The van der Waals surface area contributed by atoms with Crippen LogP contribution in [0.15, 0.2) is 48.5 Å². The van der Waals surface area contributed by atoms with E-state index in [1.54, 1.807) is 24.3 Å². The molecule has 0 aliphatic heterocycles. The second-order valence-corrected chi connectivity index (χ2v) is 7.65. The maximum absolute atomic E-state index is 12.7. The SMILES string of the molecule is CC(C)C(NC(=O)c1ccc(Cl)cc1)C(=O)Nc1nc2ccccc2s1. The smallest absolute Gasteiger partial charge is 0.251 e. The molecule has 0 spiro atoms. The summed E-state index contributed by atoms with van der Waals surface area (Å²) in [5, 5.41) is 6.67. The van der Waals surface area contributed by atoms with Crippen LogP contribution < -0.4 is 10.6 Å². The van der Waals surface area contributed by atoms with Crippen molar-refractivity contribution in [2.75, 3.05) is 5.32 Å². The predicted molar refractivity (Wildman–Crippen MR) is 106 cm³/mol. The molecule has 1 unspecified atom stereocenters. The number of anilines is 1. The lowest BCUT2D eigenvalue weighted by atomic mass is 10.0. The lowest BCUT2D eigenvalue weighted by Crippen LogP contribution is -2.47. The zero-order valence-electron chi connectivity index (χ0n) is 14.3. The van der Waals surface area contributed by atoms with Gasteiger partial charge in [-0.15, -0.1) is 0 Å². The van der Waals surface area contributed by atoms with Crippen molar-refractivity contribution in [3.63, 3.8) is 0 Å². The van der Waals surface area contributed by atoms with E-state index in [2.05, 4.69) is 15.6 Å². The fourth-order valence-corrected chi connectivity index (χ4v) is 3.46. The van der Waals surface area contributed by atoms with Crippen LogP contribution >= 0.6 is 22.9 Å². The first-order chi connectivity index (χ1) is 12.4. The molecule has 1 aromatic heterocycles. The summed E-state index contributed by atoms with van der Waals surface area (Å²) in [7, 11) is 0. The van der Waals surface area contributed by atoms with Crippen LogP contribution in [0.4, 0.5) is 5.13 Å². The van der Waals surface area contributed by atoms with Gasteiger partial charge in [0.2, 0.25) is 5.91 Å². The number of hydrogen-bond acceptors (Lipinski definition) is 4. The second kappa shape index (κ2) is 7.85. The average molecular weight is 388 g/mol. The highest BCUT2D eigenvalue weighted by Gasteiger charge is 2.25. The number of para-hydroxylation sites is 1. The Balaban J connectivity index is 1.73. The third-order valence-electron chi connectivity index (χ3n) is 3.87. The van der Waals surface area contributed by atoms with Crippen LogP contribution in [-0.2, 0) is 4.79 Å². The molecule has 0 aliphatic carbocycles. The molecule has 3 aromatic rings. The maximum atomic E-state index is 12.7.